The lowest BCUT2D eigenvalue weighted by Crippen LogP contribution is -2.06. The highest BCUT2D eigenvalue weighted by Gasteiger charge is 2.10. The van der Waals surface area contributed by atoms with Crippen LogP contribution >= 0.6 is 15.9 Å². The molecule has 0 bridgehead atoms. The molecule has 78 valence electrons. The second kappa shape index (κ2) is 6.26. The fourth-order valence-electron chi connectivity index (χ4n) is 1.11. The van der Waals surface area contributed by atoms with Gasteiger partial charge in [-0.25, -0.2) is 0 Å². The highest BCUT2D eigenvalue weighted by molar-refractivity contribution is 9.09. The van der Waals surface area contributed by atoms with Crippen LogP contribution in [-0.2, 0) is 9.53 Å². The Balaban J connectivity index is 2.86. The van der Waals surface area contributed by atoms with Crippen molar-refractivity contribution < 1.29 is 9.53 Å². The summed E-state index contributed by atoms with van der Waals surface area (Å²) < 4.78 is 5.11. The number of esters is 1. The summed E-state index contributed by atoms with van der Waals surface area (Å²) >= 11 is 3.20. The third-order valence-electron chi connectivity index (χ3n) is 1.69. The Hall–Kier alpha value is -1.27. The lowest BCUT2D eigenvalue weighted by atomic mass is 10.1. The molecule has 2 nitrogen and oxygen atoms in total. The zero-order valence-corrected chi connectivity index (χ0v) is 9.95. The predicted octanol–water partition coefficient (Wildman–Crippen LogP) is 2.69. The number of benzene rings is 1. The molecule has 1 rings (SSSR count). The van der Waals surface area contributed by atoms with Crippen LogP contribution in [0.3, 0.4) is 0 Å². The number of hydrogen-bond acceptors (Lipinski definition) is 2. The van der Waals surface area contributed by atoms with Gasteiger partial charge in [0, 0.05) is 12.5 Å². The van der Waals surface area contributed by atoms with Gasteiger partial charge in [-0.15, -0.1) is 0 Å². The molecule has 0 aliphatic carbocycles. The number of carbonyl (C=O) groups is 1. The highest BCUT2D eigenvalue weighted by Crippen LogP contribution is 2.16. The molecule has 0 amide bonds. The summed E-state index contributed by atoms with van der Waals surface area (Å²) in [6.45, 7) is 1.38. The molecule has 0 unspecified atom stereocenters. The summed E-state index contributed by atoms with van der Waals surface area (Å²) in [5, 5.41) is 0.567. The molecule has 0 heterocycles. The quantitative estimate of drug-likeness (QED) is 0.468. The van der Waals surface area contributed by atoms with Gasteiger partial charge >= 0.3 is 5.97 Å². The van der Waals surface area contributed by atoms with E-state index in [4.69, 9.17) is 4.74 Å². The van der Waals surface area contributed by atoms with Crippen LogP contribution in [0.4, 0.5) is 0 Å². The van der Waals surface area contributed by atoms with Crippen molar-refractivity contribution >= 4 is 21.9 Å². The van der Waals surface area contributed by atoms with E-state index in [1.807, 2.05) is 30.3 Å². The Labute approximate surface area is 97.8 Å². The van der Waals surface area contributed by atoms with Crippen molar-refractivity contribution in [3.05, 3.63) is 35.9 Å². The van der Waals surface area contributed by atoms with Crippen molar-refractivity contribution in [2.75, 3.05) is 5.33 Å². The molecule has 3 heteroatoms. The van der Waals surface area contributed by atoms with Crippen molar-refractivity contribution in [2.24, 2.45) is 0 Å². The molecule has 0 aliphatic heterocycles. The van der Waals surface area contributed by atoms with E-state index in [-0.39, 0.29) is 5.97 Å². The lowest BCUT2D eigenvalue weighted by Gasteiger charge is -2.10. The average Bonchev–Trinajstić information content (AvgIpc) is 2.25. The number of alkyl halides is 1. The van der Waals surface area contributed by atoms with Crippen molar-refractivity contribution in [2.45, 2.75) is 13.0 Å². The van der Waals surface area contributed by atoms with Crippen LogP contribution in [-0.4, -0.2) is 11.3 Å². The van der Waals surface area contributed by atoms with E-state index in [0.717, 1.165) is 5.56 Å². The molecular formula is C12H11BrO2. The van der Waals surface area contributed by atoms with Crippen molar-refractivity contribution in [1.82, 2.24) is 0 Å². The summed E-state index contributed by atoms with van der Waals surface area (Å²) in [7, 11) is 0. The van der Waals surface area contributed by atoms with Gasteiger partial charge in [0.15, 0.2) is 6.10 Å². The molecule has 0 saturated heterocycles. The molecule has 1 aromatic carbocycles. The SMILES string of the molecule is CC(=O)O[C@H](C#CCBr)c1ccccc1. The molecule has 0 radical (unpaired) electrons. The zero-order valence-electron chi connectivity index (χ0n) is 8.37. The summed E-state index contributed by atoms with van der Waals surface area (Å²) in [5.74, 6) is 5.39. The minimum atomic E-state index is -0.471. The van der Waals surface area contributed by atoms with E-state index in [0.29, 0.717) is 5.33 Å². The van der Waals surface area contributed by atoms with Gasteiger partial charge in [0.1, 0.15) is 0 Å². The first kappa shape index (κ1) is 11.8. The van der Waals surface area contributed by atoms with Gasteiger partial charge in [0.2, 0.25) is 0 Å². The molecule has 0 saturated carbocycles. The topological polar surface area (TPSA) is 26.3 Å². The van der Waals surface area contributed by atoms with Gasteiger partial charge < -0.3 is 4.74 Å². The maximum absolute atomic E-state index is 10.9. The van der Waals surface area contributed by atoms with Crippen molar-refractivity contribution in [1.29, 1.82) is 0 Å². The fourth-order valence-corrected chi connectivity index (χ4v) is 1.27. The van der Waals surface area contributed by atoms with Crippen LogP contribution < -0.4 is 0 Å². The molecular weight excluding hydrogens is 256 g/mol. The van der Waals surface area contributed by atoms with E-state index in [2.05, 4.69) is 27.8 Å². The van der Waals surface area contributed by atoms with Gasteiger partial charge in [-0.05, 0) is 0 Å². The van der Waals surface area contributed by atoms with Gasteiger partial charge in [0.05, 0.1) is 5.33 Å². The smallest absolute Gasteiger partial charge is 0.304 e. The third-order valence-corrected chi connectivity index (χ3v) is 1.97. The first-order valence-electron chi connectivity index (χ1n) is 4.50. The van der Waals surface area contributed by atoms with Crippen LogP contribution in [0, 0.1) is 11.8 Å². The lowest BCUT2D eigenvalue weighted by molar-refractivity contribution is -0.144. The number of hydrogen-bond donors (Lipinski definition) is 0. The number of ether oxygens (including phenoxy) is 1. The van der Waals surface area contributed by atoms with Gasteiger partial charge in [-0.2, -0.15) is 0 Å². The maximum atomic E-state index is 10.9. The minimum absolute atomic E-state index is 0.326. The Bertz CT molecular complexity index is 376. The van der Waals surface area contributed by atoms with Crippen molar-refractivity contribution in [3.63, 3.8) is 0 Å². The molecule has 0 fully saturated rings. The Morgan fingerprint density at radius 2 is 2.13 bits per heavy atom. The average molecular weight is 267 g/mol. The van der Waals surface area contributed by atoms with Crippen LogP contribution in [0.5, 0.6) is 0 Å². The first-order chi connectivity index (χ1) is 7.24. The standard InChI is InChI=1S/C12H11BrO2/c1-10(14)15-12(8-5-9-13)11-6-3-2-4-7-11/h2-4,6-7,12H,9H2,1H3/t12-/m1/s1. The molecule has 0 aliphatic rings. The van der Waals surface area contributed by atoms with E-state index in [1.54, 1.807) is 0 Å². The number of halogens is 1. The van der Waals surface area contributed by atoms with E-state index >= 15 is 0 Å². The summed E-state index contributed by atoms with van der Waals surface area (Å²) in [6, 6.07) is 9.46. The molecule has 0 aromatic heterocycles. The van der Waals surface area contributed by atoms with Crippen LogP contribution in [0.25, 0.3) is 0 Å². The Morgan fingerprint density at radius 3 is 2.67 bits per heavy atom. The summed E-state index contributed by atoms with van der Waals surface area (Å²) in [4.78, 5) is 10.9. The van der Waals surface area contributed by atoms with Crippen LogP contribution in [0.15, 0.2) is 30.3 Å². The van der Waals surface area contributed by atoms with Crippen LogP contribution in [0.2, 0.25) is 0 Å². The maximum Gasteiger partial charge on any atom is 0.304 e. The van der Waals surface area contributed by atoms with E-state index in [9.17, 15) is 4.79 Å². The molecule has 1 aromatic rings. The summed E-state index contributed by atoms with van der Waals surface area (Å²) in [5.41, 5.74) is 0.890. The second-order valence-corrected chi connectivity index (χ2v) is 3.42. The molecule has 0 N–H and O–H groups in total. The van der Waals surface area contributed by atoms with E-state index < -0.39 is 6.10 Å². The Kier molecular flexibility index (Phi) is 4.92. The molecule has 1 atom stereocenters. The zero-order chi connectivity index (χ0) is 11.1. The van der Waals surface area contributed by atoms with Gasteiger partial charge in [0.25, 0.3) is 0 Å². The minimum Gasteiger partial charge on any atom is -0.444 e. The second-order valence-electron chi connectivity index (χ2n) is 2.85. The fraction of sp³-hybridized carbons (Fsp3) is 0.250. The predicted molar refractivity (Wildman–Crippen MR) is 62.5 cm³/mol. The van der Waals surface area contributed by atoms with Gasteiger partial charge in [-0.3, -0.25) is 4.79 Å². The number of carbonyl (C=O) groups excluding carboxylic acids is 1. The highest BCUT2D eigenvalue weighted by atomic mass is 79.9. The normalized spacial score (nSPS) is 11.1. The van der Waals surface area contributed by atoms with Crippen molar-refractivity contribution in [3.8, 4) is 11.8 Å². The van der Waals surface area contributed by atoms with Gasteiger partial charge in [-0.1, -0.05) is 58.1 Å². The van der Waals surface area contributed by atoms with E-state index in [1.165, 1.54) is 6.92 Å². The number of rotatable bonds is 2. The third kappa shape index (κ3) is 4.18. The first-order valence-corrected chi connectivity index (χ1v) is 5.62. The monoisotopic (exact) mass is 266 g/mol. The van der Waals surface area contributed by atoms with Crippen LogP contribution in [0.1, 0.15) is 18.6 Å². The molecule has 15 heavy (non-hydrogen) atoms. The largest absolute Gasteiger partial charge is 0.444 e. The summed E-state index contributed by atoms with van der Waals surface area (Å²) in [6.07, 6.45) is -0.471. The molecule has 0 spiro atoms. The Morgan fingerprint density at radius 1 is 1.47 bits per heavy atom.